The normalized spacial score (nSPS) is 0.714. The molecule has 0 heterocycles. The van der Waals surface area contributed by atoms with Crippen molar-refractivity contribution in [2.75, 3.05) is 0 Å². The summed E-state index contributed by atoms with van der Waals surface area (Å²) in [7, 11) is 3.83. The van der Waals surface area contributed by atoms with E-state index >= 15 is 0 Å². The van der Waals surface area contributed by atoms with Crippen LogP contribution in [0.4, 0.5) is 0 Å². The van der Waals surface area contributed by atoms with Crippen LogP contribution in [0.2, 0.25) is 0 Å². The van der Waals surface area contributed by atoms with Crippen LogP contribution in [0.25, 0.3) is 0 Å². The van der Waals surface area contributed by atoms with Crippen LogP contribution in [-0.4, -0.2) is 27.4 Å². The first-order chi connectivity index (χ1) is 1.00. The molecule has 0 amide bonds. The predicted molar refractivity (Wildman–Crippen MR) is 25.7 cm³/mol. The molecule has 0 aromatic heterocycles. The first-order valence-corrected chi connectivity index (χ1v) is 1.79. The van der Waals surface area contributed by atoms with Crippen LogP contribution < -0.4 is 0 Å². The van der Waals surface area contributed by atoms with Gasteiger partial charge in [0.05, 0.1) is 0 Å². The van der Waals surface area contributed by atoms with E-state index in [1.54, 1.807) is 0 Å². The maximum absolute atomic E-state index is 3.83. The predicted octanol–water partition coefficient (Wildman–Crippen LogP) is -3.48. The second-order valence-corrected chi connectivity index (χ2v) is 0. The SMILES string of the molecule is O.O.O.O.O.[S]=[Fe]. The van der Waals surface area contributed by atoms with Crippen LogP contribution in [0.15, 0.2) is 0 Å². The van der Waals surface area contributed by atoms with Crippen molar-refractivity contribution in [1.29, 1.82) is 0 Å². The van der Waals surface area contributed by atoms with Crippen molar-refractivity contribution < 1.29 is 41.8 Å². The van der Waals surface area contributed by atoms with Crippen molar-refractivity contribution >= 4 is 10.6 Å². The molecule has 0 radical (unpaired) electrons. The molecule has 0 aromatic carbocycles. The average Bonchev–Trinajstić information content (AvgIpc) is 1.00. The Kier molecular flexibility index (Phi) is 13400. The van der Waals surface area contributed by atoms with Crippen LogP contribution in [0, 0.1) is 0 Å². The van der Waals surface area contributed by atoms with E-state index in [0.29, 0.717) is 0 Å². The molecule has 0 aliphatic rings. The van der Waals surface area contributed by atoms with Gasteiger partial charge in [-0.3, -0.25) is 0 Å². The van der Waals surface area contributed by atoms with Crippen LogP contribution in [0.3, 0.4) is 0 Å². The minimum absolute atomic E-state index is 0. The zero-order chi connectivity index (χ0) is 2.00. The van der Waals surface area contributed by atoms with Crippen molar-refractivity contribution in [3.8, 4) is 0 Å². The number of hydrogen-bond donors (Lipinski definition) is 0. The first-order valence-electron chi connectivity index (χ1n) is 0.144. The fourth-order valence-electron chi connectivity index (χ4n) is 0. The second kappa shape index (κ2) is 689. The Hall–Kier alpha value is 0.539. The van der Waals surface area contributed by atoms with Gasteiger partial charge in [0.15, 0.2) is 0 Å². The fourth-order valence-corrected chi connectivity index (χ4v) is 0. The molecule has 54 valence electrons. The van der Waals surface area contributed by atoms with E-state index in [-0.39, 0.29) is 27.4 Å². The minimum atomic E-state index is 0. The van der Waals surface area contributed by atoms with Gasteiger partial charge in [-0.15, -0.1) is 0 Å². The molecule has 0 fully saturated rings. The van der Waals surface area contributed by atoms with Gasteiger partial charge in [0.25, 0.3) is 0 Å². The summed E-state index contributed by atoms with van der Waals surface area (Å²) in [5.74, 6) is 0. The van der Waals surface area contributed by atoms with Crippen LogP contribution in [0.1, 0.15) is 0 Å². The van der Waals surface area contributed by atoms with Crippen LogP contribution in [-0.2, 0) is 14.4 Å². The topological polar surface area (TPSA) is 158 Å². The maximum atomic E-state index is 3.83. The van der Waals surface area contributed by atoms with Crippen molar-refractivity contribution in [2.24, 2.45) is 0 Å². The van der Waals surface area contributed by atoms with E-state index in [2.05, 4.69) is 24.9 Å². The summed E-state index contributed by atoms with van der Waals surface area (Å²) < 4.78 is 0. The quantitative estimate of drug-likeness (QED) is 0.346. The van der Waals surface area contributed by atoms with Crippen molar-refractivity contribution in [3.63, 3.8) is 0 Å². The molecular weight excluding hydrogens is 168 g/mol. The van der Waals surface area contributed by atoms with E-state index in [1.807, 2.05) is 0 Å². The molecule has 0 unspecified atom stereocenters. The molecule has 0 aliphatic heterocycles. The molecule has 7 heteroatoms. The molecule has 0 spiro atoms. The van der Waals surface area contributed by atoms with E-state index in [1.165, 1.54) is 0 Å². The Balaban J connectivity index is -0.000000000500. The van der Waals surface area contributed by atoms with Gasteiger partial charge in [0.1, 0.15) is 0 Å². The first kappa shape index (κ1) is 136. The third kappa shape index (κ3) is 463. The summed E-state index contributed by atoms with van der Waals surface area (Å²) in [6, 6.07) is 0. The van der Waals surface area contributed by atoms with Crippen molar-refractivity contribution in [1.82, 2.24) is 0 Å². The zero-order valence-electron chi connectivity index (χ0n) is 3.26. The van der Waals surface area contributed by atoms with E-state index < -0.39 is 0 Å². The molecule has 0 saturated carbocycles. The van der Waals surface area contributed by atoms with Gasteiger partial charge in [0.2, 0.25) is 0 Å². The molecule has 5 nitrogen and oxygen atoms in total. The average molecular weight is 178 g/mol. The Morgan fingerprint density at radius 1 is 0.571 bits per heavy atom. The van der Waals surface area contributed by atoms with Gasteiger partial charge in [-0.1, -0.05) is 0 Å². The van der Waals surface area contributed by atoms with E-state index in [0.717, 1.165) is 0 Å². The summed E-state index contributed by atoms with van der Waals surface area (Å²) in [5.41, 5.74) is 0. The van der Waals surface area contributed by atoms with Gasteiger partial charge < -0.3 is 27.4 Å². The van der Waals surface area contributed by atoms with Crippen LogP contribution >= 0.6 is 10.6 Å². The monoisotopic (exact) mass is 178 g/mol. The summed E-state index contributed by atoms with van der Waals surface area (Å²) in [4.78, 5) is 0. The molecule has 7 heavy (non-hydrogen) atoms. The third-order valence-electron chi connectivity index (χ3n) is 0. The standard InChI is InChI=1S/Fe.5H2O.S/h;5*1H2;. The van der Waals surface area contributed by atoms with Crippen LogP contribution in [0.5, 0.6) is 0 Å². The Morgan fingerprint density at radius 3 is 0.571 bits per heavy atom. The molecule has 0 atom stereocenters. The Bertz CT molecular complexity index is 8.04. The van der Waals surface area contributed by atoms with Gasteiger partial charge in [-0.2, -0.15) is 0 Å². The molecule has 0 rings (SSSR count). The van der Waals surface area contributed by atoms with Gasteiger partial charge in [0, 0.05) is 0 Å². The van der Waals surface area contributed by atoms with Gasteiger partial charge >= 0.3 is 24.9 Å². The van der Waals surface area contributed by atoms with E-state index in [4.69, 9.17) is 0 Å². The fraction of sp³-hybridized carbons (Fsp3) is 0. The molecule has 10 N–H and O–H groups in total. The van der Waals surface area contributed by atoms with Gasteiger partial charge in [-0.25, -0.2) is 0 Å². The van der Waals surface area contributed by atoms with E-state index in [9.17, 15) is 0 Å². The number of rotatable bonds is 0. The summed E-state index contributed by atoms with van der Waals surface area (Å²) >= 11 is 2.83. The van der Waals surface area contributed by atoms with Crippen molar-refractivity contribution in [3.05, 3.63) is 0 Å². The molecule has 0 aromatic rings. The molecule has 0 bridgehead atoms. The van der Waals surface area contributed by atoms with Crippen molar-refractivity contribution in [2.45, 2.75) is 0 Å². The molecular formula is H10FeO5S. The Morgan fingerprint density at radius 2 is 0.571 bits per heavy atom. The molecule has 0 saturated heterocycles. The summed E-state index contributed by atoms with van der Waals surface area (Å²) in [5, 5.41) is 0. The third-order valence-corrected chi connectivity index (χ3v) is 0. The Labute approximate surface area is 52.9 Å². The summed E-state index contributed by atoms with van der Waals surface area (Å²) in [6.45, 7) is 0. The second-order valence-electron chi connectivity index (χ2n) is 0. The summed E-state index contributed by atoms with van der Waals surface area (Å²) in [6.07, 6.45) is 0. The number of hydrogen-bond acceptors (Lipinski definition) is 1. The van der Waals surface area contributed by atoms with Gasteiger partial charge in [-0.05, 0) is 0 Å². The zero-order valence-corrected chi connectivity index (χ0v) is 5.18. The molecule has 0 aliphatic carbocycles.